The molecule has 1 aliphatic heterocycles. The van der Waals surface area contributed by atoms with Gasteiger partial charge < -0.3 is 4.90 Å². The zero-order chi connectivity index (χ0) is 8.77. The van der Waals surface area contributed by atoms with E-state index in [1.165, 1.54) is 23.6 Å². The van der Waals surface area contributed by atoms with Gasteiger partial charge in [-0.05, 0) is 30.1 Å². The highest BCUT2D eigenvalue weighted by Crippen LogP contribution is 2.45. The van der Waals surface area contributed by atoms with Gasteiger partial charge in [0.05, 0.1) is 5.88 Å². The summed E-state index contributed by atoms with van der Waals surface area (Å²) in [5.41, 5.74) is 0.557. The summed E-state index contributed by atoms with van der Waals surface area (Å²) in [5.74, 6) is 1.18. The van der Waals surface area contributed by atoms with E-state index in [1.54, 1.807) is 0 Å². The lowest BCUT2D eigenvalue weighted by Gasteiger charge is -2.49. The average Bonchev–Trinajstić information content (AvgIpc) is 2.34. The van der Waals surface area contributed by atoms with E-state index < -0.39 is 0 Å². The van der Waals surface area contributed by atoms with Gasteiger partial charge in [-0.25, -0.2) is 0 Å². The molecular weight excluding hydrogens is 166 g/mol. The summed E-state index contributed by atoms with van der Waals surface area (Å²) in [6, 6.07) is 0.808. The minimum Gasteiger partial charge on any atom is -0.364 e. The Labute approximate surface area is 79.2 Å². The monoisotopic (exact) mass is 183 g/mol. The normalized spacial score (nSPS) is 33.1. The van der Waals surface area contributed by atoms with Crippen LogP contribution >= 0.6 is 11.8 Å². The van der Waals surface area contributed by atoms with Crippen LogP contribution in [0.1, 0.15) is 33.6 Å². The molecule has 1 saturated carbocycles. The lowest BCUT2D eigenvalue weighted by Crippen LogP contribution is -2.49. The fourth-order valence-corrected chi connectivity index (χ4v) is 2.95. The molecule has 1 nitrogen and oxygen atoms in total. The molecule has 0 spiro atoms. The maximum absolute atomic E-state index is 2.52. The molecule has 2 heteroatoms. The molecule has 2 rings (SSSR count). The first-order chi connectivity index (χ1) is 5.59. The van der Waals surface area contributed by atoms with Crippen molar-refractivity contribution >= 4 is 11.8 Å². The second kappa shape index (κ2) is 2.69. The molecule has 0 radical (unpaired) electrons. The first-order valence-corrected chi connectivity index (χ1v) is 5.65. The van der Waals surface area contributed by atoms with E-state index in [-0.39, 0.29) is 0 Å². The summed E-state index contributed by atoms with van der Waals surface area (Å²) >= 11 is 1.97. The summed E-state index contributed by atoms with van der Waals surface area (Å²) < 4.78 is 0. The Morgan fingerprint density at radius 3 is 2.67 bits per heavy atom. The van der Waals surface area contributed by atoms with Crippen LogP contribution in [0.15, 0.2) is 11.1 Å². The van der Waals surface area contributed by atoms with E-state index in [9.17, 15) is 0 Å². The Bertz CT molecular complexity index is 220. The lowest BCUT2D eigenvalue weighted by atomic mass is 9.67. The first kappa shape index (κ1) is 8.49. The third-order valence-corrected chi connectivity index (χ3v) is 4.14. The van der Waals surface area contributed by atoms with Crippen LogP contribution in [0.2, 0.25) is 0 Å². The molecule has 1 atom stereocenters. The summed E-state index contributed by atoms with van der Waals surface area (Å²) in [6.45, 7) is 6.97. The molecule has 2 aliphatic rings. The molecule has 0 bridgehead atoms. The second-order valence-electron chi connectivity index (χ2n) is 4.57. The van der Waals surface area contributed by atoms with Crippen LogP contribution in [0.25, 0.3) is 0 Å². The van der Waals surface area contributed by atoms with Crippen LogP contribution in [-0.2, 0) is 0 Å². The van der Waals surface area contributed by atoms with Crippen LogP contribution in [0.4, 0.5) is 0 Å². The molecule has 12 heavy (non-hydrogen) atoms. The predicted molar refractivity (Wildman–Crippen MR) is 54.9 cm³/mol. The molecule has 1 aliphatic carbocycles. The Kier molecular flexibility index (Phi) is 1.90. The SMILES string of the molecule is CC1=CN([C@@H]2CCC2(C)C)CS1. The highest BCUT2D eigenvalue weighted by atomic mass is 32.2. The molecule has 0 unspecified atom stereocenters. The third-order valence-electron chi connectivity index (χ3n) is 3.15. The average molecular weight is 183 g/mol. The van der Waals surface area contributed by atoms with Gasteiger partial charge in [-0.2, -0.15) is 0 Å². The van der Waals surface area contributed by atoms with Crippen molar-refractivity contribution in [1.29, 1.82) is 0 Å². The summed E-state index contributed by atoms with van der Waals surface area (Å²) in [7, 11) is 0. The predicted octanol–water partition coefficient (Wildman–Crippen LogP) is 3.04. The molecule has 1 fully saturated rings. The highest BCUT2D eigenvalue weighted by molar-refractivity contribution is 8.03. The quantitative estimate of drug-likeness (QED) is 0.614. The molecule has 0 aromatic carbocycles. The Morgan fingerprint density at radius 2 is 2.33 bits per heavy atom. The van der Waals surface area contributed by atoms with Crippen LogP contribution in [0.5, 0.6) is 0 Å². The summed E-state index contributed by atoms with van der Waals surface area (Å²) in [5, 5.41) is 0. The molecule has 0 amide bonds. The third kappa shape index (κ3) is 1.26. The second-order valence-corrected chi connectivity index (χ2v) is 5.76. The van der Waals surface area contributed by atoms with E-state index >= 15 is 0 Å². The van der Waals surface area contributed by atoms with Gasteiger partial charge >= 0.3 is 0 Å². The summed E-state index contributed by atoms with van der Waals surface area (Å²) in [6.07, 6.45) is 5.11. The number of allylic oxidation sites excluding steroid dienone is 1. The molecule has 0 saturated heterocycles. The number of hydrogen-bond acceptors (Lipinski definition) is 2. The zero-order valence-electron chi connectivity index (χ0n) is 8.13. The number of hydrogen-bond donors (Lipinski definition) is 0. The maximum atomic E-state index is 2.52. The Balaban J connectivity index is 2.03. The molecule has 0 aromatic rings. The fourth-order valence-electron chi connectivity index (χ4n) is 2.13. The van der Waals surface area contributed by atoms with Crippen molar-refractivity contribution in [3.8, 4) is 0 Å². The van der Waals surface area contributed by atoms with Crippen LogP contribution in [0, 0.1) is 5.41 Å². The Morgan fingerprint density at radius 1 is 1.58 bits per heavy atom. The van der Waals surface area contributed by atoms with Crippen LogP contribution in [0.3, 0.4) is 0 Å². The van der Waals surface area contributed by atoms with Gasteiger partial charge in [-0.15, -0.1) is 11.8 Å². The molecular formula is C10H17NS. The number of thioether (sulfide) groups is 1. The topological polar surface area (TPSA) is 3.24 Å². The standard InChI is InChI=1S/C10H17NS/c1-8-6-11(7-12-8)9-4-5-10(9,2)3/h6,9H,4-5,7H2,1-3H3/t9-/m1/s1. The smallest absolute Gasteiger partial charge is 0.0681 e. The van der Waals surface area contributed by atoms with Gasteiger partial charge in [-0.3, -0.25) is 0 Å². The van der Waals surface area contributed by atoms with Gasteiger partial charge in [-0.1, -0.05) is 13.8 Å². The van der Waals surface area contributed by atoms with E-state index in [0.29, 0.717) is 5.41 Å². The minimum absolute atomic E-state index is 0.557. The molecule has 68 valence electrons. The van der Waals surface area contributed by atoms with E-state index in [1.807, 2.05) is 11.8 Å². The summed E-state index contributed by atoms with van der Waals surface area (Å²) in [4.78, 5) is 3.99. The molecule has 0 N–H and O–H groups in total. The largest absolute Gasteiger partial charge is 0.364 e. The van der Waals surface area contributed by atoms with Gasteiger partial charge in [0.1, 0.15) is 0 Å². The molecule has 0 aromatic heterocycles. The van der Waals surface area contributed by atoms with Crippen molar-refractivity contribution in [3.05, 3.63) is 11.1 Å². The van der Waals surface area contributed by atoms with Crippen molar-refractivity contribution in [2.75, 3.05) is 5.88 Å². The van der Waals surface area contributed by atoms with Crippen molar-refractivity contribution in [3.63, 3.8) is 0 Å². The zero-order valence-corrected chi connectivity index (χ0v) is 8.95. The lowest BCUT2D eigenvalue weighted by molar-refractivity contribution is 0.0412. The van der Waals surface area contributed by atoms with E-state index in [0.717, 1.165) is 6.04 Å². The first-order valence-electron chi connectivity index (χ1n) is 4.66. The van der Waals surface area contributed by atoms with Crippen molar-refractivity contribution in [1.82, 2.24) is 4.90 Å². The minimum atomic E-state index is 0.557. The van der Waals surface area contributed by atoms with E-state index in [4.69, 9.17) is 0 Å². The van der Waals surface area contributed by atoms with Crippen molar-refractivity contribution in [2.24, 2.45) is 5.41 Å². The van der Waals surface area contributed by atoms with E-state index in [2.05, 4.69) is 31.9 Å². The fraction of sp³-hybridized carbons (Fsp3) is 0.800. The molecule has 1 heterocycles. The highest BCUT2D eigenvalue weighted by Gasteiger charge is 2.42. The van der Waals surface area contributed by atoms with Gasteiger partial charge in [0.15, 0.2) is 0 Å². The van der Waals surface area contributed by atoms with Crippen molar-refractivity contribution in [2.45, 2.75) is 39.7 Å². The number of rotatable bonds is 1. The van der Waals surface area contributed by atoms with Gasteiger partial charge in [0.25, 0.3) is 0 Å². The maximum Gasteiger partial charge on any atom is 0.0681 e. The van der Waals surface area contributed by atoms with Gasteiger partial charge in [0, 0.05) is 12.2 Å². The Hall–Kier alpha value is -0.110. The van der Waals surface area contributed by atoms with Crippen molar-refractivity contribution < 1.29 is 0 Å². The number of nitrogens with zero attached hydrogens (tertiary/aromatic N) is 1. The van der Waals surface area contributed by atoms with Crippen LogP contribution < -0.4 is 0 Å². The van der Waals surface area contributed by atoms with Crippen LogP contribution in [-0.4, -0.2) is 16.8 Å². The van der Waals surface area contributed by atoms with Gasteiger partial charge in [0.2, 0.25) is 0 Å².